The van der Waals surface area contributed by atoms with Crippen molar-refractivity contribution >= 4 is 29.1 Å². The molecule has 1 aliphatic rings. The van der Waals surface area contributed by atoms with Gasteiger partial charge in [-0.25, -0.2) is 8.78 Å². The number of β-amino-alcohol motifs (C(OH)–C–C–N with tert-alkyl or cyclic N) is 1. The Hall–Kier alpha value is -2.07. The molecule has 0 radical (unpaired) electrons. The second kappa shape index (κ2) is 10.1. The maximum atomic E-state index is 13.1. The van der Waals surface area contributed by atoms with Gasteiger partial charge in [0.25, 0.3) is 12.3 Å². The summed E-state index contributed by atoms with van der Waals surface area (Å²) >= 11 is 1.02. The number of alkyl halides is 2. The number of halogens is 2. The lowest BCUT2D eigenvalue weighted by Crippen LogP contribution is -2.45. The highest BCUT2D eigenvalue weighted by atomic mass is 32.1. The number of carbonyl (C=O) groups is 3. The van der Waals surface area contributed by atoms with Gasteiger partial charge in [0.05, 0.1) is 11.7 Å². The molecule has 29 heavy (non-hydrogen) atoms. The fourth-order valence-corrected chi connectivity index (χ4v) is 4.26. The van der Waals surface area contributed by atoms with E-state index in [1.54, 1.807) is 0 Å². The minimum atomic E-state index is -2.75. The van der Waals surface area contributed by atoms with Crippen LogP contribution in [0.4, 0.5) is 8.78 Å². The van der Waals surface area contributed by atoms with Crippen molar-refractivity contribution in [3.63, 3.8) is 0 Å². The number of likely N-dealkylation sites (tertiary alicyclic amines) is 1. The molecule has 2 heterocycles. The number of hydrogen-bond donors (Lipinski definition) is 3. The number of hydrogen-bond acceptors (Lipinski definition) is 5. The van der Waals surface area contributed by atoms with Gasteiger partial charge in [-0.05, 0) is 25.2 Å². The fraction of sp³-hybridized carbons (Fsp3) is 0.632. The zero-order chi connectivity index (χ0) is 21.7. The van der Waals surface area contributed by atoms with Gasteiger partial charge in [0.15, 0.2) is 0 Å². The molecule has 1 saturated heterocycles. The summed E-state index contributed by atoms with van der Waals surface area (Å²) in [5.41, 5.74) is 4.96. The van der Waals surface area contributed by atoms with Gasteiger partial charge in [-0.1, -0.05) is 13.8 Å². The molecule has 0 saturated carbocycles. The van der Waals surface area contributed by atoms with E-state index in [0.717, 1.165) is 11.3 Å². The molecule has 3 atom stereocenters. The molecule has 1 aliphatic heterocycles. The van der Waals surface area contributed by atoms with Gasteiger partial charge < -0.3 is 21.1 Å². The number of amides is 3. The summed E-state index contributed by atoms with van der Waals surface area (Å²) in [5.74, 6) is -2.64. The van der Waals surface area contributed by atoms with Crippen molar-refractivity contribution in [2.45, 2.75) is 51.7 Å². The van der Waals surface area contributed by atoms with Crippen molar-refractivity contribution in [1.82, 2.24) is 10.2 Å². The first-order valence-corrected chi connectivity index (χ1v) is 10.5. The normalized spacial score (nSPS) is 21.1. The molecule has 1 unspecified atom stereocenters. The number of nitrogens with two attached hydrogens (primary N) is 1. The highest BCUT2D eigenvalue weighted by Gasteiger charge is 2.32. The van der Waals surface area contributed by atoms with Gasteiger partial charge in [-0.3, -0.25) is 14.4 Å². The molecule has 162 valence electrons. The molecule has 2 rings (SSSR count). The Kier molecular flexibility index (Phi) is 8.09. The number of aliphatic hydroxyl groups is 1. The van der Waals surface area contributed by atoms with E-state index in [0.29, 0.717) is 12.8 Å². The van der Waals surface area contributed by atoms with Crippen molar-refractivity contribution in [2.75, 3.05) is 13.1 Å². The minimum absolute atomic E-state index is 0.0189. The first kappa shape index (κ1) is 23.2. The second-order valence-corrected chi connectivity index (χ2v) is 8.50. The average Bonchev–Trinajstić information content (AvgIpc) is 3.04. The summed E-state index contributed by atoms with van der Waals surface area (Å²) in [5, 5.41) is 15.6. The molecule has 1 fully saturated rings. The number of nitrogens with zero attached hydrogens (tertiary/aromatic N) is 1. The maximum Gasteiger partial charge on any atom is 0.265 e. The molecular weight excluding hydrogens is 404 g/mol. The maximum absolute atomic E-state index is 13.1. The summed E-state index contributed by atoms with van der Waals surface area (Å²) in [6.07, 6.45) is -2.85. The SMILES string of the molecule is CC(C)CC(C(N)=O)C(=O)N[C@@H]1CCN(C(=O)c2cscc2C(F)F)C[C@H](O)C1. The van der Waals surface area contributed by atoms with Crippen LogP contribution in [0.5, 0.6) is 0 Å². The molecule has 4 N–H and O–H groups in total. The Morgan fingerprint density at radius 1 is 1.34 bits per heavy atom. The summed E-state index contributed by atoms with van der Waals surface area (Å²) in [4.78, 5) is 38.1. The highest BCUT2D eigenvalue weighted by molar-refractivity contribution is 7.08. The van der Waals surface area contributed by atoms with Crippen LogP contribution in [0.3, 0.4) is 0 Å². The van der Waals surface area contributed by atoms with E-state index in [1.165, 1.54) is 15.7 Å². The summed E-state index contributed by atoms with van der Waals surface area (Å²) in [6.45, 7) is 3.92. The van der Waals surface area contributed by atoms with E-state index in [2.05, 4.69) is 5.32 Å². The van der Waals surface area contributed by atoms with Crippen molar-refractivity contribution in [3.05, 3.63) is 21.9 Å². The molecule has 0 bridgehead atoms. The van der Waals surface area contributed by atoms with Gasteiger partial charge in [0, 0.05) is 35.5 Å². The molecule has 0 aliphatic carbocycles. The van der Waals surface area contributed by atoms with Crippen LogP contribution in [-0.4, -0.2) is 53.0 Å². The second-order valence-electron chi connectivity index (χ2n) is 7.76. The van der Waals surface area contributed by atoms with E-state index in [1.807, 2.05) is 13.8 Å². The van der Waals surface area contributed by atoms with Gasteiger partial charge >= 0.3 is 0 Å². The number of carbonyl (C=O) groups excluding carboxylic acids is 3. The van der Waals surface area contributed by atoms with Crippen LogP contribution in [0.1, 0.15) is 55.5 Å². The Morgan fingerprint density at radius 3 is 2.62 bits per heavy atom. The summed E-state index contributed by atoms with van der Waals surface area (Å²) in [7, 11) is 0. The van der Waals surface area contributed by atoms with Crippen LogP contribution in [-0.2, 0) is 9.59 Å². The van der Waals surface area contributed by atoms with Gasteiger partial charge in [0.1, 0.15) is 5.92 Å². The van der Waals surface area contributed by atoms with Gasteiger partial charge in [0.2, 0.25) is 11.8 Å². The first-order valence-electron chi connectivity index (χ1n) is 9.51. The molecule has 0 aromatic carbocycles. The first-order chi connectivity index (χ1) is 13.6. The number of primary amides is 1. The smallest absolute Gasteiger partial charge is 0.265 e. The number of rotatable bonds is 7. The Bertz CT molecular complexity index is 741. The quantitative estimate of drug-likeness (QED) is 0.573. The zero-order valence-electron chi connectivity index (χ0n) is 16.4. The van der Waals surface area contributed by atoms with Crippen molar-refractivity contribution < 1.29 is 28.3 Å². The Labute approximate surface area is 172 Å². The number of nitrogens with one attached hydrogen (secondary N) is 1. The number of aliphatic hydroxyl groups excluding tert-OH is 1. The molecule has 3 amide bonds. The van der Waals surface area contributed by atoms with E-state index in [9.17, 15) is 28.3 Å². The van der Waals surface area contributed by atoms with Crippen LogP contribution in [0.25, 0.3) is 0 Å². The van der Waals surface area contributed by atoms with E-state index < -0.39 is 42.2 Å². The standard InChI is InChI=1S/C19H27F2N3O4S/c1-10(2)5-13(17(22)26)18(27)23-11-3-4-24(7-12(25)6-11)19(28)15-9-29-8-14(15)16(20)21/h8-13,16,25H,3-7H2,1-2H3,(H2,22,26)(H,23,27)/t11-,12-,13?/m1/s1. The topological polar surface area (TPSA) is 113 Å². The third kappa shape index (κ3) is 6.20. The molecular formula is C19H27F2N3O4S. The van der Waals surface area contributed by atoms with Crippen LogP contribution < -0.4 is 11.1 Å². The molecule has 0 spiro atoms. The van der Waals surface area contributed by atoms with E-state index in [4.69, 9.17) is 5.73 Å². The number of thiophene rings is 1. The van der Waals surface area contributed by atoms with Crippen LogP contribution in [0.15, 0.2) is 10.8 Å². The molecule has 1 aromatic heterocycles. The van der Waals surface area contributed by atoms with Gasteiger partial charge in [-0.15, -0.1) is 0 Å². The monoisotopic (exact) mass is 431 g/mol. The molecule has 7 nitrogen and oxygen atoms in total. The molecule has 1 aromatic rings. The van der Waals surface area contributed by atoms with E-state index in [-0.39, 0.29) is 36.6 Å². The van der Waals surface area contributed by atoms with Crippen LogP contribution >= 0.6 is 11.3 Å². The predicted octanol–water partition coefficient (Wildman–Crippen LogP) is 1.92. The van der Waals surface area contributed by atoms with E-state index >= 15 is 0 Å². The van der Waals surface area contributed by atoms with Crippen LogP contribution in [0.2, 0.25) is 0 Å². The third-order valence-corrected chi connectivity index (χ3v) is 5.66. The minimum Gasteiger partial charge on any atom is -0.391 e. The zero-order valence-corrected chi connectivity index (χ0v) is 17.3. The molecule has 10 heteroatoms. The lowest BCUT2D eigenvalue weighted by atomic mass is 9.95. The summed E-state index contributed by atoms with van der Waals surface area (Å²) in [6, 6.07) is -0.457. The highest BCUT2D eigenvalue weighted by Crippen LogP contribution is 2.28. The largest absolute Gasteiger partial charge is 0.391 e. The van der Waals surface area contributed by atoms with Gasteiger partial charge in [-0.2, -0.15) is 11.3 Å². The fourth-order valence-electron chi connectivity index (χ4n) is 3.44. The lowest BCUT2D eigenvalue weighted by Gasteiger charge is -2.22. The Balaban J connectivity index is 2.04. The average molecular weight is 432 g/mol. The Morgan fingerprint density at radius 2 is 2.03 bits per heavy atom. The predicted molar refractivity (Wildman–Crippen MR) is 104 cm³/mol. The third-order valence-electron chi connectivity index (χ3n) is 4.89. The van der Waals surface area contributed by atoms with Crippen LogP contribution in [0, 0.1) is 11.8 Å². The summed E-state index contributed by atoms with van der Waals surface area (Å²) < 4.78 is 26.2. The van der Waals surface area contributed by atoms with Crippen molar-refractivity contribution in [3.8, 4) is 0 Å². The van der Waals surface area contributed by atoms with Crippen molar-refractivity contribution in [1.29, 1.82) is 0 Å². The van der Waals surface area contributed by atoms with Crippen molar-refractivity contribution in [2.24, 2.45) is 17.6 Å². The lowest BCUT2D eigenvalue weighted by molar-refractivity contribution is -0.134.